The number of alkyl halides is 3. The van der Waals surface area contributed by atoms with Crippen LogP contribution in [0.2, 0.25) is 0 Å². The highest BCUT2D eigenvalue weighted by Crippen LogP contribution is 2.31. The molecule has 0 bridgehead atoms. The third-order valence-corrected chi connectivity index (χ3v) is 20.8. The number of hydrogen-bond donors (Lipinski definition) is 9. The fourth-order valence-electron chi connectivity index (χ4n) is 14.2. The zero-order valence-electron chi connectivity index (χ0n) is 77.0. The summed E-state index contributed by atoms with van der Waals surface area (Å²) in [6.45, 7) is 3.44. The number of rotatable bonds is 34. The number of nitrogens with one attached hydrogen (secondary N) is 5. The summed E-state index contributed by atoms with van der Waals surface area (Å²) in [5, 5.41) is 30.1. The second kappa shape index (κ2) is 49.2. The van der Waals surface area contributed by atoms with Crippen LogP contribution in [-0.4, -0.2) is 182 Å². The van der Waals surface area contributed by atoms with Gasteiger partial charge in [0.2, 0.25) is 23.1 Å². The van der Waals surface area contributed by atoms with Gasteiger partial charge in [0.15, 0.2) is 17.3 Å². The number of amides is 9. The lowest BCUT2D eigenvalue weighted by atomic mass is 10.0. The summed E-state index contributed by atoms with van der Waals surface area (Å²) in [6, 6.07) is 62.2. The Morgan fingerprint density at radius 2 is 0.711 bits per heavy atom. The Bertz CT molecular complexity index is 6830. The minimum Gasteiger partial charge on any atom is -0.438 e. The van der Waals surface area contributed by atoms with Gasteiger partial charge >= 0.3 is 6.18 Å². The van der Waals surface area contributed by atoms with Crippen LogP contribution in [0.25, 0.3) is 56.7 Å². The summed E-state index contributed by atoms with van der Waals surface area (Å²) < 4.78 is 49.7. The van der Waals surface area contributed by atoms with E-state index in [4.69, 9.17) is 27.4 Å². The molecule has 41 heteroatoms. The second-order valence-corrected chi connectivity index (χ2v) is 31.6. The number of primary amides is 4. The Kier molecular flexibility index (Phi) is 35.9. The Balaban J connectivity index is 0.000000170. The minimum absolute atomic E-state index is 0.00982. The second-order valence-electron chi connectivity index (χ2n) is 31.6. The molecule has 0 aliphatic rings. The lowest BCUT2D eigenvalue weighted by Gasteiger charge is -2.16. The number of aldehydes is 1. The first-order chi connectivity index (χ1) is 68.0. The average Bonchev–Trinajstić information content (AvgIpc) is 1.70. The maximum atomic E-state index is 13.0. The number of nitrogens with zero attached hydrogens (tertiary/aromatic N) is 14. The number of Topliss-reactive ketones (excluding diaryl/α,β-unsaturated/α-hetero) is 4. The van der Waals surface area contributed by atoms with Crippen molar-refractivity contribution in [3.05, 3.63) is 359 Å². The van der Waals surface area contributed by atoms with Crippen molar-refractivity contribution in [2.24, 2.45) is 51.1 Å². The maximum Gasteiger partial charge on any atom is 0.433 e. The number of benzene rings is 6. The van der Waals surface area contributed by atoms with Crippen molar-refractivity contribution in [2.45, 2.75) is 82.3 Å². The predicted molar refractivity (Wildman–Crippen MR) is 510 cm³/mol. The molecule has 0 aliphatic heterocycles. The van der Waals surface area contributed by atoms with Crippen LogP contribution in [0.1, 0.15) is 97.0 Å². The number of carbonyl (C=O) groups excluding carboxylic acids is 14. The van der Waals surface area contributed by atoms with Crippen LogP contribution in [0.15, 0.2) is 291 Å². The number of carbonyl (C=O) groups is 14. The molecule has 0 saturated carbocycles. The summed E-state index contributed by atoms with van der Waals surface area (Å²) in [5.74, 6) is -10.5. The Morgan fingerprint density at radius 3 is 1.07 bits per heavy atom. The van der Waals surface area contributed by atoms with E-state index in [0.717, 1.165) is 58.1 Å². The molecule has 0 spiro atoms. The zero-order chi connectivity index (χ0) is 102. The van der Waals surface area contributed by atoms with Gasteiger partial charge in [-0.3, -0.25) is 106 Å². The van der Waals surface area contributed by atoms with Crippen LogP contribution in [-0.2, 0) is 110 Å². The van der Waals surface area contributed by atoms with Crippen molar-refractivity contribution in [2.75, 3.05) is 0 Å². The molecule has 9 heterocycles. The van der Waals surface area contributed by atoms with Gasteiger partial charge in [-0.25, -0.2) is 4.98 Å². The van der Waals surface area contributed by atoms with E-state index in [9.17, 15) is 80.3 Å². The summed E-state index contributed by atoms with van der Waals surface area (Å²) in [6.07, 6.45) is 10.1. The molecule has 5 unspecified atom stereocenters. The molecular weight excluding hydrogens is 1830 g/mol. The van der Waals surface area contributed by atoms with Crippen LogP contribution >= 0.6 is 0 Å². The van der Waals surface area contributed by atoms with Gasteiger partial charge in [-0.05, 0) is 77.6 Å². The van der Waals surface area contributed by atoms with E-state index in [-0.39, 0.29) is 76.9 Å². The normalized spacial score (nSPS) is 11.8. The fraction of sp³-hybridized carbons (Fsp3) is 0.168. The first kappa shape index (κ1) is 104. The number of oxazole rings is 1. The molecule has 0 aliphatic carbocycles. The van der Waals surface area contributed by atoms with Gasteiger partial charge in [0.05, 0.1) is 40.2 Å². The molecule has 38 nitrogen and oxygen atoms in total. The van der Waals surface area contributed by atoms with Gasteiger partial charge in [-0.1, -0.05) is 194 Å². The van der Waals surface area contributed by atoms with Crippen molar-refractivity contribution < 1.29 is 84.7 Å². The van der Waals surface area contributed by atoms with Gasteiger partial charge in [0.25, 0.3) is 53.2 Å². The van der Waals surface area contributed by atoms with Gasteiger partial charge in [-0.2, -0.15) is 33.6 Å². The van der Waals surface area contributed by atoms with Crippen LogP contribution in [0.3, 0.4) is 0 Å². The molecule has 0 radical (unpaired) electrons. The first-order valence-corrected chi connectivity index (χ1v) is 43.4. The predicted octanol–water partition coefficient (Wildman–Crippen LogP) is 7.42. The SMILES string of the molecule is Cc1cccc(-c2nn(C)cc2C(=O)NC(Cc2ccccc2)C(=O)C(N)=O)n1.Cc1nc(C(=O)NC(Cc2ccccc2)C(=O)C(N)=O)c(-c2ccccn2)o1.Cn1cc(C(=O)NC(C=O)Cc2ccccc2)c(-c2ccccc2)n1.Cn1cc(C(=O)NC(Cc2ccccc2)C(=O)C(N)=O)c(-c2ccc(C(F)(F)F)nc2)n1.Cn1cc(C(=O)NC(Cc2ccccc2)C(=O)C(N)=O)c(-c2cnccn2)n1. The van der Waals surface area contributed by atoms with E-state index < -0.39 is 112 Å². The summed E-state index contributed by atoms with van der Waals surface area (Å²) in [4.78, 5) is 195. The molecule has 9 amide bonds. The van der Waals surface area contributed by atoms with Crippen LogP contribution < -0.4 is 49.5 Å². The van der Waals surface area contributed by atoms with E-state index in [1.54, 1.807) is 167 Å². The van der Waals surface area contributed by atoms with E-state index in [1.165, 1.54) is 52.1 Å². The maximum absolute atomic E-state index is 13.0. The van der Waals surface area contributed by atoms with E-state index in [1.807, 2.05) is 110 Å². The molecule has 0 saturated heterocycles. The molecule has 15 aromatic rings. The highest BCUT2D eigenvalue weighted by Gasteiger charge is 2.36. The molecule has 6 aromatic carbocycles. The lowest BCUT2D eigenvalue weighted by Crippen LogP contribution is -2.47. The van der Waals surface area contributed by atoms with Crippen LogP contribution in [0.4, 0.5) is 13.2 Å². The van der Waals surface area contributed by atoms with E-state index in [2.05, 4.69) is 76.9 Å². The van der Waals surface area contributed by atoms with Crippen molar-refractivity contribution in [3.63, 3.8) is 0 Å². The van der Waals surface area contributed by atoms with Gasteiger partial charge < -0.3 is 58.7 Å². The fourth-order valence-corrected chi connectivity index (χ4v) is 14.2. The minimum atomic E-state index is -4.61. The summed E-state index contributed by atoms with van der Waals surface area (Å²) in [5.41, 5.74) is 29.0. The lowest BCUT2D eigenvalue weighted by molar-refractivity contribution is -0.141. The number of aryl methyl sites for hydroxylation is 6. The van der Waals surface area contributed by atoms with Crippen molar-refractivity contribution in [1.29, 1.82) is 0 Å². The Hall–Kier alpha value is -18.7. The topological polar surface area (TPSA) is 565 Å². The Labute approximate surface area is 808 Å². The van der Waals surface area contributed by atoms with Gasteiger partial charge in [0, 0.05) is 127 Å². The first-order valence-electron chi connectivity index (χ1n) is 43.4. The number of nitrogens with two attached hydrogens (primary N) is 4. The monoisotopic (exact) mass is 1930 g/mol. The smallest absolute Gasteiger partial charge is 0.433 e. The number of pyridine rings is 3. The summed E-state index contributed by atoms with van der Waals surface area (Å²) in [7, 11) is 6.64. The number of hydrogen-bond acceptors (Lipinski definition) is 25. The molecule has 13 N–H and O–H groups in total. The largest absolute Gasteiger partial charge is 0.438 e. The average molecular weight is 1930 g/mol. The highest BCUT2D eigenvalue weighted by molar-refractivity contribution is 6.39. The van der Waals surface area contributed by atoms with Gasteiger partial charge in [-0.15, -0.1) is 0 Å². The number of aromatic nitrogens is 14. The van der Waals surface area contributed by atoms with E-state index in [0.29, 0.717) is 51.7 Å². The number of halogens is 3. The van der Waals surface area contributed by atoms with Crippen LogP contribution in [0.5, 0.6) is 0 Å². The molecule has 0 fully saturated rings. The van der Waals surface area contributed by atoms with E-state index >= 15 is 0 Å². The van der Waals surface area contributed by atoms with Gasteiger partial charge in [0.1, 0.15) is 70.3 Å². The third kappa shape index (κ3) is 29.2. The number of ketones is 4. The van der Waals surface area contributed by atoms with Crippen molar-refractivity contribution in [3.8, 4) is 56.7 Å². The molecular formula is C101H94F3N23O15. The zero-order valence-corrected chi connectivity index (χ0v) is 77.0. The molecule has 5 atom stereocenters. The molecule has 724 valence electrons. The standard InChI is InChI=1S/C21H18F3N5O3.C21H21N5O3.C20H18N4O4.C20H19N3O2.C19H18N6O3/c1-29-11-14(17(28-29)13-7-8-16(26-10-13)21(22,23)24)20(32)27-15(18(30)19(25)31)9-12-5-3-2-4-6-12;1-13-7-6-10-16(23-13)18-15(12-26(2)25-18)21(29)24-17(19(27)20(22)28)11-14-8-4-3-5-9-14;1-12-23-16(18(28-12)14-9-5-6-10-22-14)20(27)24-15(17(25)19(21)26)11-13-7-3-2-4-8-13;1-23-13-18(19(22-23)16-10-6-3-7-11-16)20(25)21-17(14-24)12-15-8-4-2-5-9-15;1-25-11-13(16(24-25)15-10-21-7-8-22-15)19(28)23-14(17(26)18(20)27)9-12-5-3-2-4-6-12/h2-8,10-11,15H,9H2,1H3,(H2,25,31)(H,27,32);3-10,12,17H,11H2,1-2H3,(H2,22,28)(H,24,29);2-10,15H,11H2,1H3,(H2,21,26)(H,24,27);2-11,13-14,17H,12H2,1H3,(H,21,25);2-8,10-11,14H,9H2,1H3,(H2,20,27)(H,23,28). The highest BCUT2D eigenvalue weighted by atomic mass is 19.4. The Morgan fingerprint density at radius 1 is 0.359 bits per heavy atom. The quantitative estimate of drug-likeness (QED) is 0.0140. The summed E-state index contributed by atoms with van der Waals surface area (Å²) >= 11 is 0. The molecule has 9 aromatic heterocycles. The molecule has 15 rings (SSSR count). The van der Waals surface area contributed by atoms with Crippen LogP contribution in [0, 0.1) is 13.8 Å². The molecule has 142 heavy (non-hydrogen) atoms. The van der Waals surface area contributed by atoms with Crippen molar-refractivity contribution >= 4 is 82.6 Å². The van der Waals surface area contributed by atoms with Crippen molar-refractivity contribution in [1.82, 2.24) is 95.6 Å². The third-order valence-electron chi connectivity index (χ3n) is 20.8.